The second kappa shape index (κ2) is 4.30. The molecule has 2 atom stereocenters. The number of nitrogens with two attached hydrogens (primary N) is 1. The zero-order valence-corrected chi connectivity index (χ0v) is 7.36. The number of methoxy groups -OCH3 is 1. The molecule has 0 saturated heterocycles. The lowest BCUT2D eigenvalue weighted by atomic mass is 9.93. The lowest BCUT2D eigenvalue weighted by molar-refractivity contribution is 0.108. The first-order valence-electron chi connectivity index (χ1n) is 4.29. The molecule has 0 aromatic carbocycles. The number of aliphatic hydroxyl groups is 1. The van der Waals surface area contributed by atoms with Crippen molar-refractivity contribution >= 4 is 6.02 Å². The molecular weight excluding hydrogens is 156 g/mol. The first-order valence-corrected chi connectivity index (χ1v) is 4.29. The molecule has 0 radical (unpaired) electrons. The fraction of sp³-hybridized carbons (Fsp3) is 0.875. The Balaban J connectivity index is 2.48. The molecule has 4 nitrogen and oxygen atoms in total. The Labute approximate surface area is 72.4 Å². The van der Waals surface area contributed by atoms with Gasteiger partial charge in [-0.2, -0.15) is 0 Å². The summed E-state index contributed by atoms with van der Waals surface area (Å²) in [5.74, 6) is 0. The molecule has 0 amide bonds. The van der Waals surface area contributed by atoms with Crippen LogP contribution in [0.2, 0.25) is 0 Å². The van der Waals surface area contributed by atoms with E-state index in [4.69, 9.17) is 10.5 Å². The molecule has 2 unspecified atom stereocenters. The highest BCUT2D eigenvalue weighted by Gasteiger charge is 2.22. The van der Waals surface area contributed by atoms with Gasteiger partial charge in [0.1, 0.15) is 0 Å². The molecule has 4 heteroatoms. The van der Waals surface area contributed by atoms with E-state index in [2.05, 4.69) is 4.99 Å². The molecule has 0 aliphatic heterocycles. The Hall–Kier alpha value is -0.770. The van der Waals surface area contributed by atoms with Gasteiger partial charge in [0.2, 0.25) is 0 Å². The molecular formula is C8H16N2O2. The van der Waals surface area contributed by atoms with Gasteiger partial charge in [-0.15, -0.1) is 0 Å². The van der Waals surface area contributed by atoms with Gasteiger partial charge in [-0.25, -0.2) is 4.99 Å². The SMILES string of the molecule is COC(N)=NC1CCCCC1O. The van der Waals surface area contributed by atoms with Crippen LogP contribution in [0.15, 0.2) is 4.99 Å². The summed E-state index contributed by atoms with van der Waals surface area (Å²) in [6, 6.07) is 0.111. The van der Waals surface area contributed by atoms with Crippen molar-refractivity contribution < 1.29 is 9.84 Å². The van der Waals surface area contributed by atoms with Crippen LogP contribution in [0, 0.1) is 0 Å². The summed E-state index contributed by atoms with van der Waals surface area (Å²) in [4.78, 5) is 4.06. The second-order valence-corrected chi connectivity index (χ2v) is 3.09. The zero-order valence-electron chi connectivity index (χ0n) is 7.36. The van der Waals surface area contributed by atoms with E-state index in [0.29, 0.717) is 0 Å². The van der Waals surface area contributed by atoms with Crippen molar-refractivity contribution in [1.82, 2.24) is 0 Å². The predicted molar refractivity (Wildman–Crippen MR) is 46.9 cm³/mol. The fourth-order valence-corrected chi connectivity index (χ4v) is 1.46. The smallest absolute Gasteiger partial charge is 0.281 e. The van der Waals surface area contributed by atoms with E-state index in [1.165, 1.54) is 7.11 Å². The van der Waals surface area contributed by atoms with Crippen LogP contribution in [0.25, 0.3) is 0 Å². The summed E-state index contributed by atoms with van der Waals surface area (Å²) in [7, 11) is 1.48. The molecule has 0 aromatic heterocycles. The van der Waals surface area contributed by atoms with Crippen LogP contribution in [0.4, 0.5) is 0 Å². The maximum Gasteiger partial charge on any atom is 0.281 e. The van der Waals surface area contributed by atoms with Gasteiger partial charge in [-0.3, -0.25) is 0 Å². The second-order valence-electron chi connectivity index (χ2n) is 3.09. The molecule has 0 bridgehead atoms. The minimum absolute atomic E-state index is 0.0568. The summed E-state index contributed by atoms with van der Waals surface area (Å²) >= 11 is 0. The summed E-state index contributed by atoms with van der Waals surface area (Å²) < 4.78 is 4.72. The summed E-state index contributed by atoms with van der Waals surface area (Å²) in [6.07, 6.45) is 3.59. The number of nitrogens with zero attached hydrogens (tertiary/aromatic N) is 1. The van der Waals surface area contributed by atoms with Crippen molar-refractivity contribution in [2.45, 2.75) is 37.8 Å². The maximum absolute atomic E-state index is 9.50. The van der Waals surface area contributed by atoms with Crippen LogP contribution < -0.4 is 5.73 Å². The van der Waals surface area contributed by atoms with Crippen molar-refractivity contribution in [2.24, 2.45) is 10.7 Å². The summed E-state index contributed by atoms with van der Waals surface area (Å²) in [5, 5.41) is 9.50. The molecule has 0 spiro atoms. The van der Waals surface area contributed by atoms with E-state index in [0.717, 1.165) is 25.7 Å². The van der Waals surface area contributed by atoms with Crippen molar-refractivity contribution in [3.05, 3.63) is 0 Å². The third-order valence-corrected chi connectivity index (χ3v) is 2.20. The predicted octanol–water partition coefficient (Wildman–Crippen LogP) is 0.251. The van der Waals surface area contributed by atoms with Crippen LogP contribution >= 0.6 is 0 Å². The van der Waals surface area contributed by atoms with E-state index < -0.39 is 0 Å². The molecule has 3 N–H and O–H groups in total. The van der Waals surface area contributed by atoms with Gasteiger partial charge in [0.15, 0.2) is 0 Å². The number of hydrogen-bond acceptors (Lipinski definition) is 3. The summed E-state index contributed by atoms with van der Waals surface area (Å²) in [5.41, 5.74) is 5.38. The van der Waals surface area contributed by atoms with Gasteiger partial charge in [-0.1, -0.05) is 12.8 Å². The van der Waals surface area contributed by atoms with Gasteiger partial charge < -0.3 is 15.6 Å². The molecule has 1 fully saturated rings. The number of aliphatic hydroxyl groups excluding tert-OH is 1. The van der Waals surface area contributed by atoms with E-state index >= 15 is 0 Å². The Morgan fingerprint density at radius 2 is 2.17 bits per heavy atom. The lowest BCUT2D eigenvalue weighted by Gasteiger charge is -2.24. The normalized spacial score (nSPS) is 31.7. The Bertz CT molecular complexity index is 170. The molecule has 1 aliphatic rings. The average Bonchev–Trinajstić information content (AvgIpc) is 2.09. The van der Waals surface area contributed by atoms with Gasteiger partial charge in [0.05, 0.1) is 19.3 Å². The van der Waals surface area contributed by atoms with Gasteiger partial charge in [-0.05, 0) is 12.8 Å². The summed E-state index contributed by atoms with van der Waals surface area (Å²) in [6.45, 7) is 0. The van der Waals surface area contributed by atoms with Crippen molar-refractivity contribution in [2.75, 3.05) is 7.11 Å². The quantitative estimate of drug-likeness (QED) is 0.440. The number of amidine groups is 1. The Morgan fingerprint density at radius 3 is 2.75 bits per heavy atom. The highest BCUT2D eigenvalue weighted by atomic mass is 16.5. The van der Waals surface area contributed by atoms with Crippen LogP contribution in [0.1, 0.15) is 25.7 Å². The largest absolute Gasteiger partial charge is 0.469 e. The minimum atomic E-state index is -0.340. The molecule has 0 heterocycles. The highest BCUT2D eigenvalue weighted by Crippen LogP contribution is 2.20. The minimum Gasteiger partial charge on any atom is -0.469 e. The van der Waals surface area contributed by atoms with E-state index in [-0.39, 0.29) is 18.2 Å². The van der Waals surface area contributed by atoms with E-state index in [9.17, 15) is 5.11 Å². The monoisotopic (exact) mass is 172 g/mol. The van der Waals surface area contributed by atoms with Crippen molar-refractivity contribution in [3.63, 3.8) is 0 Å². The van der Waals surface area contributed by atoms with Crippen LogP contribution in [-0.4, -0.2) is 30.4 Å². The zero-order chi connectivity index (χ0) is 8.97. The van der Waals surface area contributed by atoms with E-state index in [1.54, 1.807) is 0 Å². The third kappa shape index (κ3) is 2.37. The van der Waals surface area contributed by atoms with Gasteiger partial charge in [0.25, 0.3) is 6.02 Å². The first-order chi connectivity index (χ1) is 5.74. The van der Waals surface area contributed by atoms with Crippen LogP contribution in [0.5, 0.6) is 0 Å². The number of ether oxygens (including phenoxy) is 1. The first kappa shape index (κ1) is 9.32. The molecule has 70 valence electrons. The molecule has 0 aromatic rings. The average molecular weight is 172 g/mol. The van der Waals surface area contributed by atoms with Crippen LogP contribution in [-0.2, 0) is 4.74 Å². The molecule has 1 saturated carbocycles. The third-order valence-electron chi connectivity index (χ3n) is 2.20. The topological polar surface area (TPSA) is 67.8 Å². The molecule has 1 rings (SSSR count). The number of hydrogen-bond donors (Lipinski definition) is 2. The Morgan fingerprint density at radius 1 is 1.50 bits per heavy atom. The molecule has 12 heavy (non-hydrogen) atoms. The number of aliphatic imine (C=N–C) groups is 1. The lowest BCUT2D eigenvalue weighted by Crippen LogP contribution is -2.30. The standard InChI is InChI=1S/C8H16N2O2/c1-12-8(9)10-6-4-2-3-5-7(6)11/h6-7,11H,2-5H2,1H3,(H2,9,10). The maximum atomic E-state index is 9.50. The van der Waals surface area contributed by atoms with E-state index in [1.807, 2.05) is 0 Å². The van der Waals surface area contributed by atoms with Crippen LogP contribution in [0.3, 0.4) is 0 Å². The number of rotatable bonds is 1. The van der Waals surface area contributed by atoms with Gasteiger partial charge in [0, 0.05) is 0 Å². The Kier molecular flexibility index (Phi) is 3.34. The van der Waals surface area contributed by atoms with Gasteiger partial charge >= 0.3 is 0 Å². The van der Waals surface area contributed by atoms with Crippen molar-refractivity contribution in [1.29, 1.82) is 0 Å². The fourth-order valence-electron chi connectivity index (χ4n) is 1.46. The highest BCUT2D eigenvalue weighted by molar-refractivity contribution is 5.71. The van der Waals surface area contributed by atoms with Crippen molar-refractivity contribution in [3.8, 4) is 0 Å². The molecule has 1 aliphatic carbocycles.